The Balaban J connectivity index is 2.42. The molecule has 1 atom stereocenters. The maximum atomic E-state index is 9.44. The van der Waals surface area contributed by atoms with Crippen molar-refractivity contribution in [3.05, 3.63) is 12.2 Å². The van der Waals surface area contributed by atoms with Crippen molar-refractivity contribution in [1.82, 2.24) is 0 Å². The molecule has 0 aromatic rings. The number of rotatable bonds is 2. The summed E-state index contributed by atoms with van der Waals surface area (Å²) in [6.07, 6.45) is 5.92. The van der Waals surface area contributed by atoms with Crippen LogP contribution in [0.25, 0.3) is 0 Å². The second kappa shape index (κ2) is 2.50. The molecule has 0 fully saturated rings. The SMILES string of the molecule is OCCC1(O)C=CCC1. The summed E-state index contributed by atoms with van der Waals surface area (Å²) in [6.45, 7) is 0.0703. The van der Waals surface area contributed by atoms with Crippen LogP contribution in [0.4, 0.5) is 0 Å². The second-order valence-corrected chi connectivity index (χ2v) is 2.52. The number of hydrogen-bond acceptors (Lipinski definition) is 2. The van der Waals surface area contributed by atoms with Crippen molar-refractivity contribution in [3.63, 3.8) is 0 Å². The zero-order valence-corrected chi connectivity index (χ0v) is 5.38. The molecule has 52 valence electrons. The van der Waals surface area contributed by atoms with Crippen LogP contribution in [0, 0.1) is 0 Å². The molecule has 0 amide bonds. The molecule has 1 unspecified atom stereocenters. The van der Waals surface area contributed by atoms with E-state index in [9.17, 15) is 5.11 Å². The molecule has 0 aliphatic heterocycles. The lowest BCUT2D eigenvalue weighted by Gasteiger charge is -2.17. The van der Waals surface area contributed by atoms with E-state index in [1.54, 1.807) is 6.08 Å². The number of hydrogen-bond donors (Lipinski definition) is 2. The van der Waals surface area contributed by atoms with Gasteiger partial charge in [-0.05, 0) is 12.8 Å². The molecule has 0 saturated heterocycles. The number of aliphatic hydroxyl groups is 2. The summed E-state index contributed by atoms with van der Waals surface area (Å²) in [5.41, 5.74) is -0.686. The van der Waals surface area contributed by atoms with Crippen LogP contribution in [0.5, 0.6) is 0 Å². The minimum atomic E-state index is -0.686. The fraction of sp³-hybridized carbons (Fsp3) is 0.714. The molecule has 0 heterocycles. The van der Waals surface area contributed by atoms with Gasteiger partial charge in [0.05, 0.1) is 5.60 Å². The first-order valence-electron chi connectivity index (χ1n) is 3.28. The van der Waals surface area contributed by atoms with E-state index in [1.165, 1.54) is 0 Å². The first-order chi connectivity index (χ1) is 4.27. The van der Waals surface area contributed by atoms with Crippen molar-refractivity contribution in [2.75, 3.05) is 6.61 Å². The van der Waals surface area contributed by atoms with Crippen LogP contribution >= 0.6 is 0 Å². The molecular formula is C7H12O2. The Labute approximate surface area is 54.8 Å². The molecule has 9 heavy (non-hydrogen) atoms. The Kier molecular flexibility index (Phi) is 1.88. The van der Waals surface area contributed by atoms with E-state index in [0.717, 1.165) is 12.8 Å². The van der Waals surface area contributed by atoms with E-state index in [0.29, 0.717) is 6.42 Å². The van der Waals surface area contributed by atoms with E-state index in [2.05, 4.69) is 0 Å². The van der Waals surface area contributed by atoms with Crippen molar-refractivity contribution in [2.24, 2.45) is 0 Å². The van der Waals surface area contributed by atoms with Crippen LogP contribution in [-0.2, 0) is 0 Å². The summed E-state index contributed by atoms with van der Waals surface area (Å²) in [5.74, 6) is 0. The third-order valence-electron chi connectivity index (χ3n) is 1.72. The molecule has 0 spiro atoms. The predicted molar refractivity (Wildman–Crippen MR) is 35.0 cm³/mol. The molecule has 0 radical (unpaired) electrons. The highest BCUT2D eigenvalue weighted by Gasteiger charge is 2.24. The molecule has 1 rings (SSSR count). The van der Waals surface area contributed by atoms with Gasteiger partial charge in [0.15, 0.2) is 0 Å². The molecular weight excluding hydrogens is 116 g/mol. The Morgan fingerprint density at radius 2 is 2.33 bits per heavy atom. The van der Waals surface area contributed by atoms with Gasteiger partial charge in [-0.3, -0.25) is 0 Å². The fourth-order valence-corrected chi connectivity index (χ4v) is 1.12. The average Bonchev–Trinajstić information content (AvgIpc) is 2.16. The lowest BCUT2D eigenvalue weighted by atomic mass is 10.0. The van der Waals surface area contributed by atoms with Crippen molar-refractivity contribution in [2.45, 2.75) is 24.9 Å². The highest BCUT2D eigenvalue weighted by molar-refractivity contribution is 5.07. The summed E-state index contributed by atoms with van der Waals surface area (Å²) < 4.78 is 0. The van der Waals surface area contributed by atoms with Gasteiger partial charge in [0.25, 0.3) is 0 Å². The molecule has 0 saturated carbocycles. The monoisotopic (exact) mass is 128 g/mol. The third kappa shape index (κ3) is 1.53. The molecule has 2 nitrogen and oxygen atoms in total. The van der Waals surface area contributed by atoms with E-state index >= 15 is 0 Å². The first kappa shape index (κ1) is 6.78. The van der Waals surface area contributed by atoms with Gasteiger partial charge in [0.1, 0.15) is 0 Å². The summed E-state index contributed by atoms with van der Waals surface area (Å²) in [6, 6.07) is 0. The van der Waals surface area contributed by atoms with Gasteiger partial charge in [-0.25, -0.2) is 0 Å². The second-order valence-electron chi connectivity index (χ2n) is 2.52. The molecule has 1 aliphatic rings. The highest BCUT2D eigenvalue weighted by atomic mass is 16.3. The molecule has 1 aliphatic carbocycles. The van der Waals surface area contributed by atoms with Gasteiger partial charge < -0.3 is 10.2 Å². The molecule has 2 heteroatoms. The summed E-state index contributed by atoms with van der Waals surface area (Å²) in [4.78, 5) is 0. The van der Waals surface area contributed by atoms with Crippen LogP contribution in [0.15, 0.2) is 12.2 Å². The van der Waals surface area contributed by atoms with Gasteiger partial charge >= 0.3 is 0 Å². The standard InChI is InChI=1S/C7H12O2/c8-6-5-7(9)3-1-2-4-7/h1,3,8-9H,2,4-6H2. The fourth-order valence-electron chi connectivity index (χ4n) is 1.12. The Morgan fingerprint density at radius 1 is 1.56 bits per heavy atom. The molecule has 0 aromatic carbocycles. The van der Waals surface area contributed by atoms with Crippen LogP contribution in [0.1, 0.15) is 19.3 Å². The van der Waals surface area contributed by atoms with Crippen LogP contribution in [0.2, 0.25) is 0 Å². The average molecular weight is 128 g/mol. The van der Waals surface area contributed by atoms with Gasteiger partial charge in [0.2, 0.25) is 0 Å². The highest BCUT2D eigenvalue weighted by Crippen LogP contribution is 2.24. The predicted octanol–water partition coefficient (Wildman–Crippen LogP) is 0.450. The normalized spacial score (nSPS) is 33.6. The van der Waals surface area contributed by atoms with Crippen molar-refractivity contribution in [3.8, 4) is 0 Å². The van der Waals surface area contributed by atoms with E-state index in [4.69, 9.17) is 5.11 Å². The zero-order chi connectivity index (χ0) is 6.74. The Morgan fingerprint density at radius 3 is 2.78 bits per heavy atom. The molecule has 2 N–H and O–H groups in total. The van der Waals surface area contributed by atoms with E-state index in [1.807, 2.05) is 6.08 Å². The Hall–Kier alpha value is -0.340. The number of allylic oxidation sites excluding steroid dienone is 1. The minimum Gasteiger partial charge on any atom is -0.396 e. The van der Waals surface area contributed by atoms with Gasteiger partial charge in [0, 0.05) is 13.0 Å². The van der Waals surface area contributed by atoms with Crippen LogP contribution < -0.4 is 0 Å². The maximum Gasteiger partial charge on any atom is 0.0852 e. The number of aliphatic hydroxyl groups excluding tert-OH is 1. The van der Waals surface area contributed by atoms with Gasteiger partial charge in [-0.2, -0.15) is 0 Å². The van der Waals surface area contributed by atoms with Crippen molar-refractivity contribution in [1.29, 1.82) is 0 Å². The Bertz CT molecular complexity index is 120. The molecule has 0 bridgehead atoms. The van der Waals surface area contributed by atoms with Crippen molar-refractivity contribution < 1.29 is 10.2 Å². The van der Waals surface area contributed by atoms with Gasteiger partial charge in [-0.15, -0.1) is 0 Å². The van der Waals surface area contributed by atoms with Crippen LogP contribution in [-0.4, -0.2) is 22.4 Å². The van der Waals surface area contributed by atoms with Crippen molar-refractivity contribution >= 4 is 0 Å². The minimum absolute atomic E-state index is 0.0703. The summed E-state index contributed by atoms with van der Waals surface area (Å²) >= 11 is 0. The quantitative estimate of drug-likeness (QED) is 0.530. The van der Waals surface area contributed by atoms with Crippen LogP contribution in [0.3, 0.4) is 0 Å². The molecule has 0 aromatic heterocycles. The maximum absolute atomic E-state index is 9.44. The van der Waals surface area contributed by atoms with Gasteiger partial charge in [-0.1, -0.05) is 12.2 Å². The summed E-state index contributed by atoms with van der Waals surface area (Å²) in [7, 11) is 0. The largest absolute Gasteiger partial charge is 0.396 e. The smallest absolute Gasteiger partial charge is 0.0852 e. The topological polar surface area (TPSA) is 40.5 Å². The third-order valence-corrected chi connectivity index (χ3v) is 1.72. The lowest BCUT2D eigenvalue weighted by molar-refractivity contribution is 0.0611. The first-order valence-corrected chi connectivity index (χ1v) is 3.28. The lowest BCUT2D eigenvalue weighted by Crippen LogP contribution is -2.23. The zero-order valence-electron chi connectivity index (χ0n) is 5.38. The van der Waals surface area contributed by atoms with E-state index in [-0.39, 0.29) is 6.61 Å². The van der Waals surface area contributed by atoms with E-state index < -0.39 is 5.60 Å². The summed E-state index contributed by atoms with van der Waals surface area (Å²) in [5, 5.41) is 17.9.